The third kappa shape index (κ3) is 8.74. The zero-order valence-corrected chi connectivity index (χ0v) is 16.8. The van der Waals surface area contributed by atoms with E-state index >= 15 is 0 Å². The Morgan fingerprint density at radius 1 is 1.11 bits per heavy atom. The average molecular weight is 383 g/mol. The largest absolute Gasteiger partial charge is 0.467 e. The molecule has 0 saturated carbocycles. The predicted molar refractivity (Wildman–Crippen MR) is 98.5 cm³/mol. The molecule has 1 amide bonds. The van der Waals surface area contributed by atoms with E-state index in [4.69, 9.17) is 23.7 Å². The molecule has 0 radical (unpaired) electrons. The summed E-state index contributed by atoms with van der Waals surface area (Å²) in [6.45, 7) is 7.06. The molecule has 0 heterocycles. The van der Waals surface area contributed by atoms with Crippen molar-refractivity contribution in [2.24, 2.45) is 0 Å². The molecule has 0 aliphatic rings. The summed E-state index contributed by atoms with van der Waals surface area (Å²) in [5.41, 5.74) is 1.03. The fraction of sp³-hybridized carbons (Fsp3) is 0.579. The maximum Gasteiger partial charge on any atom is 0.408 e. The fourth-order valence-electron chi connectivity index (χ4n) is 2.22. The van der Waals surface area contributed by atoms with Crippen molar-refractivity contribution >= 4 is 12.1 Å². The third-order valence-corrected chi connectivity index (χ3v) is 3.31. The number of hydrogen-bond acceptors (Lipinski definition) is 7. The highest BCUT2D eigenvalue weighted by Crippen LogP contribution is 2.20. The van der Waals surface area contributed by atoms with Gasteiger partial charge in [0.05, 0.1) is 0 Å². The lowest BCUT2D eigenvalue weighted by molar-refractivity contribution is -0.156. The predicted octanol–water partition coefficient (Wildman–Crippen LogP) is 2.56. The minimum absolute atomic E-state index is 0.145. The number of carbonyl (C=O) groups excluding carboxylic acids is 2. The van der Waals surface area contributed by atoms with Gasteiger partial charge >= 0.3 is 12.1 Å². The van der Waals surface area contributed by atoms with Gasteiger partial charge in [-0.25, -0.2) is 9.59 Å². The van der Waals surface area contributed by atoms with Crippen LogP contribution in [0, 0.1) is 6.92 Å². The molecule has 1 N–H and O–H groups in total. The van der Waals surface area contributed by atoms with Crippen LogP contribution < -0.4 is 10.1 Å². The first-order valence-corrected chi connectivity index (χ1v) is 8.52. The Kier molecular flexibility index (Phi) is 9.04. The summed E-state index contributed by atoms with van der Waals surface area (Å²) >= 11 is 0. The van der Waals surface area contributed by atoms with Gasteiger partial charge in [-0.05, 0) is 44.9 Å². The second-order valence-electron chi connectivity index (χ2n) is 6.92. The summed E-state index contributed by atoms with van der Waals surface area (Å²) < 4.78 is 25.3. The molecule has 0 aliphatic heterocycles. The molecule has 1 aromatic carbocycles. The van der Waals surface area contributed by atoms with Gasteiger partial charge < -0.3 is 29.0 Å². The summed E-state index contributed by atoms with van der Waals surface area (Å²) in [7, 11) is 2.95. The summed E-state index contributed by atoms with van der Waals surface area (Å²) in [5.74, 6) is 0.0688. The smallest absolute Gasteiger partial charge is 0.408 e. The lowest BCUT2D eigenvalue weighted by Gasteiger charge is -2.23. The molecule has 8 heteroatoms. The lowest BCUT2D eigenvalue weighted by atomic mass is 10.0. The number of nitrogens with one attached hydrogen (secondary N) is 1. The van der Waals surface area contributed by atoms with E-state index in [0.29, 0.717) is 5.75 Å². The molecule has 1 atom stereocenters. The van der Waals surface area contributed by atoms with Crippen molar-refractivity contribution in [2.45, 2.75) is 45.8 Å². The molecule has 27 heavy (non-hydrogen) atoms. The first-order valence-electron chi connectivity index (χ1n) is 8.52. The number of hydrogen-bond donors (Lipinski definition) is 1. The van der Waals surface area contributed by atoms with Gasteiger partial charge in [0, 0.05) is 20.6 Å². The van der Waals surface area contributed by atoms with Crippen LogP contribution in [0.15, 0.2) is 18.2 Å². The number of esters is 1. The first-order chi connectivity index (χ1) is 12.7. The quantitative estimate of drug-likeness (QED) is 0.517. The Bertz CT molecular complexity index is 625. The van der Waals surface area contributed by atoms with E-state index in [1.54, 1.807) is 33.9 Å². The minimum atomic E-state index is -0.917. The molecule has 1 aromatic rings. The van der Waals surface area contributed by atoms with E-state index in [1.165, 1.54) is 7.11 Å². The SMILES string of the molecule is COCOC(=O)C(Cc1ccc(OCOC)c(C)c1)NC(=O)OC(C)(C)C. The van der Waals surface area contributed by atoms with E-state index < -0.39 is 23.7 Å². The summed E-state index contributed by atoms with van der Waals surface area (Å²) in [6, 6.07) is 4.55. The molecule has 152 valence electrons. The van der Waals surface area contributed by atoms with Crippen LogP contribution in [-0.2, 0) is 30.2 Å². The van der Waals surface area contributed by atoms with Crippen LogP contribution in [0.5, 0.6) is 5.75 Å². The van der Waals surface area contributed by atoms with Crippen LogP contribution in [0.3, 0.4) is 0 Å². The van der Waals surface area contributed by atoms with Gasteiger partial charge in [0.2, 0.25) is 0 Å². The molecule has 0 spiro atoms. The van der Waals surface area contributed by atoms with Gasteiger partial charge in [0.1, 0.15) is 17.4 Å². The molecule has 0 saturated heterocycles. The van der Waals surface area contributed by atoms with E-state index in [2.05, 4.69) is 5.32 Å². The molecule has 1 unspecified atom stereocenters. The van der Waals surface area contributed by atoms with Crippen LogP contribution in [0.25, 0.3) is 0 Å². The number of carbonyl (C=O) groups is 2. The van der Waals surface area contributed by atoms with Gasteiger partial charge in [-0.15, -0.1) is 0 Å². The van der Waals surface area contributed by atoms with Crippen molar-refractivity contribution in [2.75, 3.05) is 27.8 Å². The number of ether oxygens (including phenoxy) is 5. The van der Waals surface area contributed by atoms with Gasteiger partial charge in [0.25, 0.3) is 0 Å². The van der Waals surface area contributed by atoms with Crippen molar-refractivity contribution in [3.05, 3.63) is 29.3 Å². The monoisotopic (exact) mass is 383 g/mol. The maximum atomic E-state index is 12.3. The number of benzene rings is 1. The lowest BCUT2D eigenvalue weighted by Crippen LogP contribution is -2.45. The molecular weight excluding hydrogens is 354 g/mol. The Balaban J connectivity index is 2.88. The Morgan fingerprint density at radius 3 is 2.33 bits per heavy atom. The van der Waals surface area contributed by atoms with E-state index in [-0.39, 0.29) is 20.0 Å². The standard InChI is InChI=1S/C19H29NO7/c1-13-9-14(7-8-16(13)25-11-23-5)10-15(17(21)26-12-24-6)20-18(22)27-19(2,3)4/h7-9,15H,10-12H2,1-6H3,(H,20,22). The number of alkyl carbamates (subject to hydrolysis) is 1. The fourth-order valence-corrected chi connectivity index (χ4v) is 2.22. The topological polar surface area (TPSA) is 92.3 Å². The van der Waals surface area contributed by atoms with Gasteiger partial charge in [-0.2, -0.15) is 0 Å². The molecule has 0 aliphatic carbocycles. The number of rotatable bonds is 9. The van der Waals surface area contributed by atoms with Crippen molar-refractivity contribution < 1.29 is 33.3 Å². The van der Waals surface area contributed by atoms with Crippen molar-refractivity contribution in [3.63, 3.8) is 0 Å². The molecule has 1 rings (SSSR count). The van der Waals surface area contributed by atoms with E-state index in [9.17, 15) is 9.59 Å². The highest BCUT2D eigenvalue weighted by molar-refractivity contribution is 5.81. The summed E-state index contributed by atoms with van der Waals surface area (Å²) in [6.07, 6.45) is -0.466. The maximum absolute atomic E-state index is 12.3. The van der Waals surface area contributed by atoms with Crippen molar-refractivity contribution in [1.29, 1.82) is 0 Å². The van der Waals surface area contributed by atoms with E-state index in [1.807, 2.05) is 19.1 Å². The van der Waals surface area contributed by atoms with Crippen LogP contribution >= 0.6 is 0 Å². The second-order valence-corrected chi connectivity index (χ2v) is 6.92. The van der Waals surface area contributed by atoms with Crippen molar-refractivity contribution in [1.82, 2.24) is 5.32 Å². The van der Waals surface area contributed by atoms with Crippen LogP contribution in [0.1, 0.15) is 31.9 Å². The van der Waals surface area contributed by atoms with Crippen LogP contribution in [0.2, 0.25) is 0 Å². The highest BCUT2D eigenvalue weighted by Gasteiger charge is 2.26. The Hall–Kier alpha value is -2.32. The molecule has 0 fully saturated rings. The second kappa shape index (κ2) is 10.7. The molecular formula is C19H29NO7. The number of aryl methyl sites for hydroxylation is 1. The zero-order chi connectivity index (χ0) is 20.4. The average Bonchev–Trinajstić information content (AvgIpc) is 2.56. The first kappa shape index (κ1) is 22.7. The van der Waals surface area contributed by atoms with Gasteiger partial charge in [-0.3, -0.25) is 0 Å². The third-order valence-electron chi connectivity index (χ3n) is 3.31. The van der Waals surface area contributed by atoms with Gasteiger partial charge in [0.15, 0.2) is 13.6 Å². The summed E-state index contributed by atoms with van der Waals surface area (Å²) in [5, 5.41) is 2.56. The zero-order valence-electron chi connectivity index (χ0n) is 16.8. The molecule has 0 aromatic heterocycles. The number of methoxy groups -OCH3 is 2. The minimum Gasteiger partial charge on any atom is -0.467 e. The Morgan fingerprint density at radius 2 is 1.78 bits per heavy atom. The normalized spacial score (nSPS) is 12.2. The Labute approximate surface area is 160 Å². The highest BCUT2D eigenvalue weighted by atomic mass is 16.7. The number of amides is 1. The van der Waals surface area contributed by atoms with E-state index in [0.717, 1.165) is 11.1 Å². The molecule has 0 bridgehead atoms. The van der Waals surface area contributed by atoms with Crippen LogP contribution in [-0.4, -0.2) is 51.5 Å². The van der Waals surface area contributed by atoms with Crippen molar-refractivity contribution in [3.8, 4) is 5.75 Å². The molecule has 8 nitrogen and oxygen atoms in total. The van der Waals surface area contributed by atoms with Crippen LogP contribution in [0.4, 0.5) is 4.79 Å². The van der Waals surface area contributed by atoms with Gasteiger partial charge in [-0.1, -0.05) is 12.1 Å². The summed E-state index contributed by atoms with van der Waals surface area (Å²) in [4.78, 5) is 24.4.